The van der Waals surface area contributed by atoms with E-state index in [1.165, 1.54) is 4.90 Å². The number of aryl methyl sites for hydroxylation is 1. The van der Waals surface area contributed by atoms with Crippen LogP contribution in [0.15, 0.2) is 41.4 Å². The van der Waals surface area contributed by atoms with E-state index in [1.54, 1.807) is 14.2 Å². The highest BCUT2D eigenvalue weighted by Crippen LogP contribution is 2.50. The molecule has 4 rings (SSSR count). The second-order valence-corrected chi connectivity index (χ2v) is 8.13. The first kappa shape index (κ1) is 18.3. The van der Waals surface area contributed by atoms with Crippen molar-refractivity contribution in [3.63, 3.8) is 0 Å². The van der Waals surface area contributed by atoms with Gasteiger partial charge in [-0.2, -0.15) is 0 Å². The van der Waals surface area contributed by atoms with E-state index in [1.807, 2.05) is 57.2 Å². The first-order valence-electron chi connectivity index (χ1n) is 9.29. The number of fused-ring (bicyclic) bond motifs is 2. The molecule has 6 nitrogen and oxygen atoms in total. The minimum Gasteiger partial charge on any atom is -0.497 e. The number of nitrogens with zero attached hydrogens (tertiary/aromatic N) is 2. The number of amides is 1. The van der Waals surface area contributed by atoms with Gasteiger partial charge in [-0.25, -0.2) is 4.99 Å². The maximum Gasteiger partial charge on any atom is 0.261 e. The molecular weight excluding hydrogens is 354 g/mol. The number of aliphatic imine (C=N–C) groups is 1. The van der Waals surface area contributed by atoms with Crippen LogP contribution >= 0.6 is 0 Å². The van der Waals surface area contributed by atoms with Gasteiger partial charge in [0.1, 0.15) is 17.1 Å². The van der Waals surface area contributed by atoms with Crippen molar-refractivity contribution in [1.29, 1.82) is 0 Å². The van der Waals surface area contributed by atoms with Gasteiger partial charge >= 0.3 is 0 Å². The van der Waals surface area contributed by atoms with Gasteiger partial charge in [-0.15, -0.1) is 0 Å². The molecule has 0 saturated heterocycles. The predicted molar refractivity (Wildman–Crippen MR) is 109 cm³/mol. The Morgan fingerprint density at radius 2 is 2.00 bits per heavy atom. The quantitative estimate of drug-likeness (QED) is 0.869. The van der Waals surface area contributed by atoms with Crippen molar-refractivity contribution in [3.05, 3.63) is 47.5 Å². The summed E-state index contributed by atoms with van der Waals surface area (Å²) in [5, 5.41) is 0. The molecule has 2 heterocycles. The van der Waals surface area contributed by atoms with Crippen LogP contribution in [0.1, 0.15) is 31.4 Å². The van der Waals surface area contributed by atoms with Gasteiger partial charge in [0.15, 0.2) is 11.5 Å². The Balaban J connectivity index is 1.96. The molecule has 2 aromatic rings. The molecule has 6 heteroatoms. The highest BCUT2D eigenvalue weighted by atomic mass is 16.5. The summed E-state index contributed by atoms with van der Waals surface area (Å²) < 4.78 is 11.6. The zero-order valence-electron chi connectivity index (χ0n) is 16.9. The maximum atomic E-state index is 13.2. The normalized spacial score (nSPS) is 22.7. The Labute approximate surface area is 165 Å². The second kappa shape index (κ2) is 5.99. The van der Waals surface area contributed by atoms with Crippen LogP contribution in [0.3, 0.4) is 0 Å². The van der Waals surface area contributed by atoms with Gasteiger partial charge in [-0.3, -0.25) is 9.69 Å². The summed E-state index contributed by atoms with van der Waals surface area (Å²) in [6, 6.07) is 11.9. The Hall–Kier alpha value is -3.02. The maximum absolute atomic E-state index is 13.2. The molecule has 1 unspecified atom stereocenters. The first-order chi connectivity index (χ1) is 13.2. The Morgan fingerprint density at radius 1 is 1.25 bits per heavy atom. The van der Waals surface area contributed by atoms with E-state index < -0.39 is 11.1 Å². The summed E-state index contributed by atoms with van der Waals surface area (Å²) in [4.78, 5) is 19.3. The van der Waals surface area contributed by atoms with E-state index in [9.17, 15) is 4.79 Å². The van der Waals surface area contributed by atoms with Crippen LogP contribution in [0.5, 0.6) is 11.5 Å². The number of rotatable bonds is 2. The van der Waals surface area contributed by atoms with E-state index in [-0.39, 0.29) is 11.9 Å². The summed E-state index contributed by atoms with van der Waals surface area (Å²) in [5.74, 6) is 1.57. The number of likely N-dealkylation sites (N-methyl/N-ethyl adjacent to an activating group) is 1. The lowest BCUT2D eigenvalue weighted by Gasteiger charge is -2.41. The van der Waals surface area contributed by atoms with Crippen molar-refractivity contribution in [2.24, 2.45) is 10.7 Å². The zero-order valence-corrected chi connectivity index (χ0v) is 16.9. The van der Waals surface area contributed by atoms with Crippen molar-refractivity contribution in [2.75, 3.05) is 14.2 Å². The molecule has 2 N–H and O–H groups in total. The van der Waals surface area contributed by atoms with Gasteiger partial charge in [0.05, 0.1) is 7.11 Å². The van der Waals surface area contributed by atoms with Gasteiger partial charge in [-0.05, 0) is 61.7 Å². The number of ether oxygens (including phenoxy) is 2. The Bertz CT molecular complexity index is 1010. The fourth-order valence-electron chi connectivity index (χ4n) is 4.23. The van der Waals surface area contributed by atoms with Gasteiger partial charge in [0.25, 0.3) is 5.91 Å². The van der Waals surface area contributed by atoms with E-state index >= 15 is 0 Å². The summed E-state index contributed by atoms with van der Waals surface area (Å²) in [6.45, 7) is 5.98. The molecule has 1 spiro atoms. The topological polar surface area (TPSA) is 77.2 Å². The van der Waals surface area contributed by atoms with Crippen LogP contribution in [0, 0.1) is 6.92 Å². The molecule has 2 aromatic carbocycles. The highest BCUT2D eigenvalue weighted by Gasteiger charge is 2.55. The standard InChI is InChI=1S/C22H25N3O3/c1-13-9-18-17(11-16(13)14-7-6-8-15(10-14)27-5)22(12-21(2,3)28-18)19(26)25(4)20(23)24-22/h6-11H,12H2,1-5H3,(H2,23,24). The molecule has 0 radical (unpaired) electrons. The number of nitrogens with two attached hydrogens (primary N) is 1. The lowest BCUT2D eigenvalue weighted by molar-refractivity contribution is -0.133. The van der Waals surface area contributed by atoms with Crippen molar-refractivity contribution in [3.8, 4) is 22.6 Å². The van der Waals surface area contributed by atoms with Crippen LogP contribution in [-0.2, 0) is 10.3 Å². The van der Waals surface area contributed by atoms with Crippen molar-refractivity contribution >= 4 is 11.9 Å². The van der Waals surface area contributed by atoms with Crippen LogP contribution in [0.25, 0.3) is 11.1 Å². The van der Waals surface area contributed by atoms with Crippen LogP contribution < -0.4 is 15.2 Å². The average molecular weight is 379 g/mol. The molecule has 2 aliphatic rings. The number of guanidine groups is 1. The predicted octanol–water partition coefficient (Wildman–Crippen LogP) is 3.21. The summed E-state index contributed by atoms with van der Waals surface area (Å²) in [5.41, 5.74) is 8.26. The number of hydrogen-bond acceptors (Lipinski definition) is 5. The molecule has 0 aliphatic carbocycles. The molecule has 2 aliphatic heterocycles. The largest absolute Gasteiger partial charge is 0.497 e. The fourth-order valence-corrected chi connectivity index (χ4v) is 4.23. The molecule has 0 fully saturated rings. The summed E-state index contributed by atoms with van der Waals surface area (Å²) >= 11 is 0. The van der Waals surface area contributed by atoms with Crippen LogP contribution in [0.2, 0.25) is 0 Å². The molecule has 0 bridgehead atoms. The van der Waals surface area contributed by atoms with E-state index in [0.717, 1.165) is 28.0 Å². The van der Waals surface area contributed by atoms with Gasteiger partial charge in [-0.1, -0.05) is 12.1 Å². The molecule has 1 amide bonds. The third kappa shape index (κ3) is 2.63. The zero-order chi connectivity index (χ0) is 20.3. The number of methoxy groups -OCH3 is 1. The lowest BCUT2D eigenvalue weighted by Crippen LogP contribution is -2.49. The molecule has 0 aromatic heterocycles. The van der Waals surface area contributed by atoms with Gasteiger partial charge < -0.3 is 15.2 Å². The van der Waals surface area contributed by atoms with Crippen molar-refractivity contribution in [2.45, 2.75) is 38.3 Å². The van der Waals surface area contributed by atoms with Crippen LogP contribution in [-0.4, -0.2) is 36.5 Å². The second-order valence-electron chi connectivity index (χ2n) is 8.13. The Kier molecular flexibility index (Phi) is 3.93. The first-order valence-corrected chi connectivity index (χ1v) is 9.29. The van der Waals surface area contributed by atoms with Crippen molar-refractivity contribution < 1.29 is 14.3 Å². The minimum atomic E-state index is -1.06. The van der Waals surface area contributed by atoms with E-state index in [2.05, 4.69) is 4.99 Å². The Morgan fingerprint density at radius 3 is 2.64 bits per heavy atom. The van der Waals surface area contributed by atoms with E-state index in [4.69, 9.17) is 15.2 Å². The molecule has 1 atom stereocenters. The minimum absolute atomic E-state index is 0.122. The SMILES string of the molecule is COc1cccc(-c2cc3c(cc2C)OC(C)(C)CC32N=C(N)N(C)C2=O)c1. The van der Waals surface area contributed by atoms with E-state index in [0.29, 0.717) is 12.2 Å². The number of benzene rings is 2. The lowest BCUT2D eigenvalue weighted by atomic mass is 9.76. The van der Waals surface area contributed by atoms with Crippen molar-refractivity contribution in [1.82, 2.24) is 4.90 Å². The molecular formula is C22H25N3O3. The number of carbonyl (C=O) groups excluding carboxylic acids is 1. The third-order valence-corrected chi connectivity index (χ3v) is 5.53. The van der Waals surface area contributed by atoms with Crippen LogP contribution in [0.4, 0.5) is 0 Å². The molecule has 146 valence electrons. The average Bonchev–Trinajstić information content (AvgIpc) is 2.84. The fraction of sp³-hybridized carbons (Fsp3) is 0.364. The monoisotopic (exact) mass is 379 g/mol. The smallest absolute Gasteiger partial charge is 0.261 e. The third-order valence-electron chi connectivity index (χ3n) is 5.53. The molecule has 0 saturated carbocycles. The van der Waals surface area contributed by atoms with Gasteiger partial charge in [0.2, 0.25) is 0 Å². The summed E-state index contributed by atoms with van der Waals surface area (Å²) in [7, 11) is 3.31. The molecule has 28 heavy (non-hydrogen) atoms. The number of carbonyl (C=O) groups is 1. The highest BCUT2D eigenvalue weighted by molar-refractivity contribution is 6.07. The summed E-state index contributed by atoms with van der Waals surface area (Å²) in [6.07, 6.45) is 0.428. The van der Waals surface area contributed by atoms with Gasteiger partial charge in [0, 0.05) is 19.0 Å². The number of hydrogen-bond donors (Lipinski definition) is 1.